The molecule has 4 heteroatoms. The maximum absolute atomic E-state index is 12.7. The number of nitrogens with zero attached hydrogens (tertiary/aromatic N) is 1. The fraction of sp³-hybridized carbons (Fsp3) is 0.625. The monoisotopic (exact) mass is 293 g/mol. The largest absolute Gasteiger partial charge is 0.243 e. The van der Waals surface area contributed by atoms with E-state index in [4.69, 9.17) is 0 Å². The molecule has 1 heterocycles. The average molecular weight is 293 g/mol. The van der Waals surface area contributed by atoms with E-state index in [9.17, 15) is 8.42 Å². The number of sulfonamides is 1. The highest BCUT2D eigenvalue weighted by molar-refractivity contribution is 7.89. The molecule has 1 spiro atoms. The highest BCUT2D eigenvalue weighted by Gasteiger charge is 2.43. The molecule has 3 nitrogen and oxygen atoms in total. The minimum absolute atomic E-state index is 0.274. The molecule has 0 unspecified atom stereocenters. The first-order valence-corrected chi connectivity index (χ1v) is 9.03. The molecule has 0 amide bonds. The van der Waals surface area contributed by atoms with Gasteiger partial charge in [0.25, 0.3) is 0 Å². The lowest BCUT2D eigenvalue weighted by Gasteiger charge is -2.33. The van der Waals surface area contributed by atoms with Gasteiger partial charge < -0.3 is 0 Å². The lowest BCUT2D eigenvalue weighted by Crippen LogP contribution is -2.33. The topological polar surface area (TPSA) is 37.4 Å². The zero-order valence-electron chi connectivity index (χ0n) is 12.1. The summed E-state index contributed by atoms with van der Waals surface area (Å²) in [6.45, 7) is 3.39. The number of hydrogen-bond acceptors (Lipinski definition) is 2. The molecule has 0 atom stereocenters. The molecule has 2 fully saturated rings. The summed E-state index contributed by atoms with van der Waals surface area (Å²) in [5.41, 5.74) is 1.37. The number of aryl methyl sites for hydroxylation is 1. The van der Waals surface area contributed by atoms with Crippen LogP contribution in [-0.4, -0.2) is 25.8 Å². The molecule has 0 bridgehead atoms. The molecule has 20 heavy (non-hydrogen) atoms. The fourth-order valence-electron chi connectivity index (χ4n) is 3.67. The van der Waals surface area contributed by atoms with Gasteiger partial charge in [0.2, 0.25) is 10.0 Å². The van der Waals surface area contributed by atoms with Crippen molar-refractivity contribution in [3.63, 3.8) is 0 Å². The lowest BCUT2D eigenvalue weighted by atomic mass is 9.74. The van der Waals surface area contributed by atoms with Crippen LogP contribution in [0.25, 0.3) is 0 Å². The van der Waals surface area contributed by atoms with Crippen molar-refractivity contribution in [2.24, 2.45) is 5.41 Å². The minimum Gasteiger partial charge on any atom is -0.207 e. The van der Waals surface area contributed by atoms with Gasteiger partial charge in [-0.25, -0.2) is 8.42 Å². The van der Waals surface area contributed by atoms with E-state index < -0.39 is 10.0 Å². The Morgan fingerprint density at radius 2 is 1.65 bits per heavy atom. The summed E-state index contributed by atoms with van der Waals surface area (Å²) in [6, 6.07) is 7.21. The first-order valence-electron chi connectivity index (χ1n) is 7.59. The van der Waals surface area contributed by atoms with E-state index in [2.05, 4.69) is 0 Å². The predicted octanol–water partition coefficient (Wildman–Crippen LogP) is 3.34. The second kappa shape index (κ2) is 5.15. The van der Waals surface area contributed by atoms with Gasteiger partial charge in [-0.3, -0.25) is 0 Å². The second-order valence-electron chi connectivity index (χ2n) is 6.46. The first kappa shape index (κ1) is 14.1. The molecule has 1 aliphatic heterocycles. The molecule has 2 aliphatic rings. The van der Waals surface area contributed by atoms with E-state index in [1.165, 1.54) is 32.1 Å². The maximum atomic E-state index is 12.7. The van der Waals surface area contributed by atoms with Crippen molar-refractivity contribution >= 4 is 10.0 Å². The van der Waals surface area contributed by atoms with Crippen LogP contribution in [0.5, 0.6) is 0 Å². The Hall–Kier alpha value is -0.870. The van der Waals surface area contributed by atoms with Crippen LogP contribution in [0.3, 0.4) is 0 Å². The van der Waals surface area contributed by atoms with Crippen molar-refractivity contribution in [1.82, 2.24) is 4.31 Å². The summed E-state index contributed by atoms with van der Waals surface area (Å²) < 4.78 is 27.1. The van der Waals surface area contributed by atoms with Crippen molar-refractivity contribution in [1.29, 1.82) is 0 Å². The Morgan fingerprint density at radius 3 is 2.30 bits per heavy atom. The van der Waals surface area contributed by atoms with Crippen LogP contribution in [0.1, 0.15) is 44.1 Å². The van der Waals surface area contributed by atoms with Crippen LogP contribution in [0, 0.1) is 12.3 Å². The molecule has 1 aromatic carbocycles. The Labute approximate surface area is 122 Å². The standard InChI is InChI=1S/C16H23NO2S/c1-14-5-7-15(8-6-14)20(18,19)17-12-11-16(13-17)9-3-2-4-10-16/h5-8H,2-4,9-13H2,1H3. The third-order valence-corrected chi connectivity index (χ3v) is 6.84. The van der Waals surface area contributed by atoms with Crippen LogP contribution in [-0.2, 0) is 10.0 Å². The van der Waals surface area contributed by atoms with E-state index in [1.54, 1.807) is 16.4 Å². The molecule has 0 radical (unpaired) electrons. The molecule has 0 N–H and O–H groups in total. The van der Waals surface area contributed by atoms with Crippen LogP contribution >= 0.6 is 0 Å². The van der Waals surface area contributed by atoms with Crippen molar-refractivity contribution < 1.29 is 8.42 Å². The molecule has 1 saturated heterocycles. The van der Waals surface area contributed by atoms with Crippen molar-refractivity contribution in [2.45, 2.75) is 50.3 Å². The zero-order valence-corrected chi connectivity index (χ0v) is 13.0. The van der Waals surface area contributed by atoms with Crippen molar-refractivity contribution in [3.8, 4) is 0 Å². The van der Waals surface area contributed by atoms with E-state index in [0.717, 1.165) is 18.5 Å². The van der Waals surface area contributed by atoms with Gasteiger partial charge in [-0.05, 0) is 43.7 Å². The average Bonchev–Trinajstić information content (AvgIpc) is 2.85. The van der Waals surface area contributed by atoms with Gasteiger partial charge in [-0.1, -0.05) is 37.0 Å². The van der Waals surface area contributed by atoms with Gasteiger partial charge in [0.15, 0.2) is 0 Å². The smallest absolute Gasteiger partial charge is 0.207 e. The van der Waals surface area contributed by atoms with Gasteiger partial charge in [0.05, 0.1) is 4.90 Å². The van der Waals surface area contributed by atoms with E-state index in [0.29, 0.717) is 11.4 Å². The summed E-state index contributed by atoms with van der Waals surface area (Å²) in [5, 5.41) is 0. The third-order valence-electron chi connectivity index (χ3n) is 4.98. The third kappa shape index (κ3) is 2.51. The SMILES string of the molecule is Cc1ccc(S(=O)(=O)N2CCC3(CCCCC3)C2)cc1. The van der Waals surface area contributed by atoms with Gasteiger partial charge in [-0.15, -0.1) is 0 Å². The summed E-state index contributed by atoms with van der Waals surface area (Å²) >= 11 is 0. The second-order valence-corrected chi connectivity index (χ2v) is 8.40. The Kier molecular flexibility index (Phi) is 3.63. The summed E-state index contributed by atoms with van der Waals surface area (Å²) in [7, 11) is -3.30. The quantitative estimate of drug-likeness (QED) is 0.838. The number of hydrogen-bond donors (Lipinski definition) is 0. The number of rotatable bonds is 2. The van der Waals surface area contributed by atoms with Gasteiger partial charge in [-0.2, -0.15) is 4.31 Å². The van der Waals surface area contributed by atoms with E-state index in [1.807, 2.05) is 19.1 Å². The van der Waals surface area contributed by atoms with E-state index in [-0.39, 0.29) is 5.41 Å². The van der Waals surface area contributed by atoms with Gasteiger partial charge in [0, 0.05) is 13.1 Å². The van der Waals surface area contributed by atoms with E-state index >= 15 is 0 Å². The Morgan fingerprint density at radius 1 is 1.00 bits per heavy atom. The van der Waals surface area contributed by atoms with Crippen molar-refractivity contribution in [3.05, 3.63) is 29.8 Å². The molecular formula is C16H23NO2S. The minimum atomic E-state index is -3.30. The maximum Gasteiger partial charge on any atom is 0.243 e. The summed E-state index contributed by atoms with van der Waals surface area (Å²) in [6.07, 6.45) is 7.28. The molecule has 110 valence electrons. The number of benzene rings is 1. The molecule has 1 aromatic rings. The van der Waals surface area contributed by atoms with Gasteiger partial charge >= 0.3 is 0 Å². The zero-order chi connectivity index (χ0) is 14.2. The molecule has 1 aliphatic carbocycles. The van der Waals surface area contributed by atoms with Crippen LogP contribution in [0.4, 0.5) is 0 Å². The van der Waals surface area contributed by atoms with Crippen LogP contribution in [0.15, 0.2) is 29.2 Å². The normalized spacial score (nSPS) is 23.2. The highest BCUT2D eigenvalue weighted by Crippen LogP contribution is 2.44. The van der Waals surface area contributed by atoms with Gasteiger partial charge in [0.1, 0.15) is 0 Å². The Balaban J connectivity index is 1.81. The summed E-state index contributed by atoms with van der Waals surface area (Å²) in [5.74, 6) is 0. The molecular weight excluding hydrogens is 270 g/mol. The van der Waals surface area contributed by atoms with Crippen LogP contribution < -0.4 is 0 Å². The highest BCUT2D eigenvalue weighted by atomic mass is 32.2. The van der Waals surface area contributed by atoms with Crippen molar-refractivity contribution in [2.75, 3.05) is 13.1 Å². The Bertz CT molecular complexity index is 571. The summed E-state index contributed by atoms with van der Waals surface area (Å²) in [4.78, 5) is 0.441. The lowest BCUT2D eigenvalue weighted by molar-refractivity contribution is 0.205. The molecule has 0 aromatic heterocycles. The van der Waals surface area contributed by atoms with Crippen LogP contribution in [0.2, 0.25) is 0 Å². The first-order chi connectivity index (χ1) is 9.52. The molecule has 1 saturated carbocycles. The molecule has 3 rings (SSSR count). The fourth-order valence-corrected chi connectivity index (χ4v) is 5.22. The predicted molar refractivity (Wildman–Crippen MR) is 80.1 cm³/mol.